The molecule has 1 heteroatoms. The molecule has 1 N–H and O–H groups in total. The molecule has 1 nitrogen and oxygen atoms in total. The Kier molecular flexibility index (Phi) is 4.18. The van der Waals surface area contributed by atoms with E-state index in [1.807, 2.05) is 0 Å². The van der Waals surface area contributed by atoms with Crippen molar-refractivity contribution in [1.82, 2.24) is 0 Å². The number of aromatic hydroxyl groups is 1. The Morgan fingerprint density at radius 3 is 2.12 bits per heavy atom. The van der Waals surface area contributed by atoms with E-state index < -0.39 is 5.75 Å². The lowest BCUT2D eigenvalue weighted by Gasteiger charge is -2.02. The summed E-state index contributed by atoms with van der Waals surface area (Å²) in [6.45, 7) is 2.19. The first kappa shape index (κ1) is 8.16. The Morgan fingerprint density at radius 2 is 1.50 bits per heavy atom. The van der Waals surface area contributed by atoms with Crippen molar-refractivity contribution in [2.75, 3.05) is 0 Å². The predicted octanol–water partition coefficient (Wildman–Crippen LogP) is 4.69. The first-order valence-electron chi connectivity index (χ1n) is 8.28. The molecule has 0 saturated heterocycles. The molecule has 0 saturated carbocycles. The van der Waals surface area contributed by atoms with Gasteiger partial charge in [-0.05, 0) is 30.5 Å². The van der Waals surface area contributed by atoms with Crippen LogP contribution in [0.2, 0.25) is 0 Å². The van der Waals surface area contributed by atoms with Gasteiger partial charge in [0.05, 0.1) is 5.48 Å². The molecule has 0 aliphatic rings. The van der Waals surface area contributed by atoms with E-state index in [4.69, 9.17) is 5.48 Å². The second-order valence-electron chi connectivity index (χ2n) is 4.20. The highest BCUT2D eigenvalue weighted by Gasteiger charge is 1.94. The van der Waals surface area contributed by atoms with Gasteiger partial charge in [-0.1, -0.05) is 57.5 Å². The third-order valence-corrected chi connectivity index (χ3v) is 2.69. The SMILES string of the molecule is [2H]c1c([2H])c(CCCCCCCCC)c([2H])c([2H])c1O. The van der Waals surface area contributed by atoms with E-state index in [0.29, 0.717) is 12.0 Å². The summed E-state index contributed by atoms with van der Waals surface area (Å²) in [4.78, 5) is 0. The number of benzene rings is 1. The second kappa shape index (κ2) is 8.20. The maximum Gasteiger partial charge on any atom is 0.115 e. The highest BCUT2D eigenvalue weighted by molar-refractivity contribution is 5.25. The van der Waals surface area contributed by atoms with Crippen molar-refractivity contribution >= 4 is 0 Å². The van der Waals surface area contributed by atoms with E-state index in [0.717, 1.165) is 19.3 Å². The maximum atomic E-state index is 9.47. The number of phenolic OH excluding ortho intramolecular Hbond substituents is 1. The van der Waals surface area contributed by atoms with Crippen LogP contribution in [0, 0.1) is 0 Å². The Bertz CT molecular complexity index is 417. The lowest BCUT2D eigenvalue weighted by molar-refractivity contribution is 0.475. The zero-order valence-electron chi connectivity index (χ0n) is 14.1. The molecule has 0 atom stereocenters. The second-order valence-corrected chi connectivity index (χ2v) is 4.20. The van der Waals surface area contributed by atoms with Crippen LogP contribution < -0.4 is 0 Å². The van der Waals surface area contributed by atoms with Crippen molar-refractivity contribution in [3.63, 3.8) is 0 Å². The molecule has 0 heterocycles. The molecule has 0 unspecified atom stereocenters. The van der Waals surface area contributed by atoms with Crippen LogP contribution in [0.4, 0.5) is 0 Å². The monoisotopic (exact) mass is 224 g/mol. The fraction of sp³-hybridized carbons (Fsp3) is 0.600. The van der Waals surface area contributed by atoms with Crippen LogP contribution in [0.3, 0.4) is 0 Å². The molecule has 0 spiro atoms. The summed E-state index contributed by atoms with van der Waals surface area (Å²) in [6, 6.07) is -0.864. The Labute approximate surface area is 105 Å². The van der Waals surface area contributed by atoms with Crippen LogP contribution in [0.5, 0.6) is 5.75 Å². The van der Waals surface area contributed by atoms with E-state index >= 15 is 0 Å². The zero-order chi connectivity index (χ0) is 15.1. The molecule has 1 rings (SSSR count). The summed E-state index contributed by atoms with van der Waals surface area (Å²) in [7, 11) is 0. The van der Waals surface area contributed by atoms with Gasteiger partial charge in [-0.25, -0.2) is 0 Å². The average molecular weight is 224 g/mol. The van der Waals surface area contributed by atoms with Crippen molar-refractivity contribution in [2.24, 2.45) is 0 Å². The molecule has 0 bridgehead atoms. The van der Waals surface area contributed by atoms with Gasteiger partial charge in [0.2, 0.25) is 0 Å². The molecular formula is C15H24O. The van der Waals surface area contributed by atoms with Crippen molar-refractivity contribution in [1.29, 1.82) is 0 Å². The molecule has 0 radical (unpaired) electrons. The number of unbranched alkanes of at least 4 members (excludes halogenated alkanes) is 6. The molecule has 0 amide bonds. The summed E-state index contributed by atoms with van der Waals surface area (Å²) in [5.41, 5.74) is 0.423. The van der Waals surface area contributed by atoms with Gasteiger partial charge in [0.1, 0.15) is 5.75 Å². The average Bonchev–Trinajstić information content (AvgIpc) is 2.45. The van der Waals surface area contributed by atoms with Crippen LogP contribution in [-0.2, 0) is 6.42 Å². The third-order valence-electron chi connectivity index (χ3n) is 2.69. The van der Waals surface area contributed by atoms with Crippen LogP contribution in [0.1, 0.15) is 62.9 Å². The molecule has 0 aliphatic heterocycles. The Hall–Kier alpha value is -0.980. The lowest BCUT2D eigenvalue weighted by atomic mass is 10.0. The van der Waals surface area contributed by atoms with Crippen molar-refractivity contribution in [2.45, 2.75) is 58.3 Å². The highest BCUT2D eigenvalue weighted by atomic mass is 16.3. The van der Waals surface area contributed by atoms with E-state index in [2.05, 4.69) is 6.92 Å². The van der Waals surface area contributed by atoms with Gasteiger partial charge in [0, 0.05) is 0 Å². The fourth-order valence-corrected chi connectivity index (χ4v) is 1.72. The van der Waals surface area contributed by atoms with Crippen LogP contribution in [-0.4, -0.2) is 5.11 Å². The minimum atomic E-state index is -0.552. The standard InChI is InChI=1S/C15H24O/c1-2-3-4-5-6-7-8-9-14-10-12-15(16)13-11-14/h10-13,16H,2-9H2,1H3/i10D,11D,12D,13D. The van der Waals surface area contributed by atoms with Crippen molar-refractivity contribution in [3.05, 3.63) is 29.7 Å². The van der Waals surface area contributed by atoms with Crippen LogP contribution in [0.15, 0.2) is 24.2 Å². The van der Waals surface area contributed by atoms with E-state index in [1.165, 1.54) is 25.7 Å². The van der Waals surface area contributed by atoms with Gasteiger partial charge in [-0.2, -0.15) is 0 Å². The van der Waals surface area contributed by atoms with Crippen molar-refractivity contribution in [3.8, 4) is 5.75 Å². The quantitative estimate of drug-likeness (QED) is 0.635. The summed E-state index contributed by atoms with van der Waals surface area (Å²) in [5, 5.41) is 9.47. The largest absolute Gasteiger partial charge is 0.508 e. The van der Waals surface area contributed by atoms with Gasteiger partial charge >= 0.3 is 0 Å². The summed E-state index contributed by atoms with van der Waals surface area (Å²) >= 11 is 0. The molecule has 1 aromatic carbocycles. The van der Waals surface area contributed by atoms with Gasteiger partial charge in [0.15, 0.2) is 0 Å². The molecule has 0 aromatic heterocycles. The number of hydrogen-bond acceptors (Lipinski definition) is 1. The third kappa shape index (κ3) is 5.79. The zero-order valence-corrected chi connectivity index (χ0v) is 10.1. The molecule has 0 fully saturated rings. The fourth-order valence-electron chi connectivity index (χ4n) is 1.72. The number of phenols is 1. The first-order chi connectivity index (χ1) is 9.50. The van der Waals surface area contributed by atoms with Crippen LogP contribution in [0.25, 0.3) is 0 Å². The van der Waals surface area contributed by atoms with Gasteiger partial charge in [-0.15, -0.1) is 0 Å². The molecule has 0 aliphatic carbocycles. The summed E-state index contributed by atoms with van der Waals surface area (Å²) in [5.74, 6) is -0.552. The first-order valence-corrected chi connectivity index (χ1v) is 6.28. The minimum absolute atomic E-state index is 0.102. The minimum Gasteiger partial charge on any atom is -0.508 e. The lowest BCUT2D eigenvalue weighted by Crippen LogP contribution is -1.85. The highest BCUT2D eigenvalue weighted by Crippen LogP contribution is 2.13. The van der Waals surface area contributed by atoms with E-state index in [-0.39, 0.29) is 24.2 Å². The molecule has 16 heavy (non-hydrogen) atoms. The van der Waals surface area contributed by atoms with Crippen molar-refractivity contribution < 1.29 is 10.6 Å². The summed E-state index contributed by atoms with van der Waals surface area (Å²) < 4.78 is 30.7. The number of hydrogen-bond donors (Lipinski definition) is 1. The Balaban J connectivity index is 2.52. The predicted molar refractivity (Wildman–Crippen MR) is 69.8 cm³/mol. The van der Waals surface area contributed by atoms with E-state index in [9.17, 15) is 5.11 Å². The van der Waals surface area contributed by atoms with E-state index in [1.54, 1.807) is 0 Å². The van der Waals surface area contributed by atoms with Gasteiger partial charge in [0.25, 0.3) is 0 Å². The van der Waals surface area contributed by atoms with Gasteiger partial charge in [-0.3, -0.25) is 0 Å². The van der Waals surface area contributed by atoms with Gasteiger partial charge < -0.3 is 5.11 Å². The summed E-state index contributed by atoms with van der Waals surface area (Å²) in [6.07, 6.45) is 8.60. The molecule has 1 aromatic rings. The number of rotatable bonds is 8. The van der Waals surface area contributed by atoms with Crippen LogP contribution >= 0.6 is 0 Å². The molecular weight excluding hydrogens is 196 g/mol. The normalized spacial score (nSPS) is 14.1. The topological polar surface area (TPSA) is 20.2 Å². The maximum absolute atomic E-state index is 9.47. The Morgan fingerprint density at radius 1 is 0.938 bits per heavy atom. The molecule has 90 valence electrons. The smallest absolute Gasteiger partial charge is 0.115 e.